The first-order valence-corrected chi connectivity index (χ1v) is 7.61. The van der Waals surface area contributed by atoms with E-state index in [1.54, 1.807) is 12.5 Å². The maximum Gasteiger partial charge on any atom is 0.235 e. The molecule has 1 aliphatic rings. The van der Waals surface area contributed by atoms with Gasteiger partial charge in [0.25, 0.3) is 0 Å². The van der Waals surface area contributed by atoms with Crippen molar-refractivity contribution in [3.05, 3.63) is 48.2 Å². The number of hydrogen-bond donors (Lipinski definition) is 1. The molecule has 21 heavy (non-hydrogen) atoms. The lowest BCUT2D eigenvalue weighted by molar-refractivity contribution is 0.113. The second-order valence-electron chi connectivity index (χ2n) is 5.85. The molecule has 1 fully saturated rings. The molecule has 0 radical (unpaired) electrons. The number of nitrogens with zero attached hydrogens (tertiary/aromatic N) is 1. The summed E-state index contributed by atoms with van der Waals surface area (Å²) in [5.41, 5.74) is 1.22. The third kappa shape index (κ3) is 3.10. The van der Waals surface area contributed by atoms with Crippen LogP contribution in [0.1, 0.15) is 43.7 Å². The second kappa shape index (κ2) is 6.31. The van der Waals surface area contributed by atoms with E-state index >= 15 is 0 Å². The number of oxazole rings is 1. The zero-order chi connectivity index (χ0) is 14.7. The largest absolute Gasteiger partial charge is 0.480 e. The van der Waals surface area contributed by atoms with Gasteiger partial charge in [0.2, 0.25) is 5.89 Å². The van der Waals surface area contributed by atoms with Crippen molar-refractivity contribution in [3.63, 3.8) is 0 Å². The summed E-state index contributed by atoms with van der Waals surface area (Å²) in [4.78, 5) is 4.31. The highest BCUT2D eigenvalue weighted by Gasteiger charge is 2.31. The molecule has 2 heterocycles. The fraction of sp³-hybridized carbons (Fsp3) is 0.471. The van der Waals surface area contributed by atoms with Crippen LogP contribution in [0.2, 0.25) is 0 Å². The third-order valence-corrected chi connectivity index (χ3v) is 4.02. The maximum atomic E-state index is 6.34. The van der Waals surface area contributed by atoms with Crippen molar-refractivity contribution in [2.75, 3.05) is 13.1 Å². The van der Waals surface area contributed by atoms with Crippen molar-refractivity contribution in [1.82, 2.24) is 10.3 Å². The minimum absolute atomic E-state index is 0.130. The van der Waals surface area contributed by atoms with Crippen LogP contribution in [0.4, 0.5) is 0 Å². The van der Waals surface area contributed by atoms with Crippen molar-refractivity contribution in [2.24, 2.45) is 5.92 Å². The average molecular weight is 286 g/mol. The Kier molecular flexibility index (Phi) is 4.25. The topological polar surface area (TPSA) is 47.3 Å². The summed E-state index contributed by atoms with van der Waals surface area (Å²) in [5, 5.41) is 3.39. The Balaban J connectivity index is 1.88. The van der Waals surface area contributed by atoms with E-state index in [-0.39, 0.29) is 6.10 Å². The Hall–Kier alpha value is -1.81. The molecular formula is C17H22N2O2. The number of rotatable bonds is 5. The molecule has 4 heteroatoms. The SMILES string of the molecule is CC(C)c1ccccc1O[C@H](c1ncco1)C1CCNC1. The van der Waals surface area contributed by atoms with Gasteiger partial charge in [-0.15, -0.1) is 0 Å². The van der Waals surface area contributed by atoms with Crippen molar-refractivity contribution >= 4 is 0 Å². The van der Waals surface area contributed by atoms with Gasteiger partial charge in [-0.2, -0.15) is 0 Å². The summed E-state index contributed by atoms with van der Waals surface area (Å²) in [6, 6.07) is 8.23. The summed E-state index contributed by atoms with van der Waals surface area (Å²) >= 11 is 0. The van der Waals surface area contributed by atoms with Crippen molar-refractivity contribution in [1.29, 1.82) is 0 Å². The van der Waals surface area contributed by atoms with E-state index in [1.165, 1.54) is 5.56 Å². The van der Waals surface area contributed by atoms with Gasteiger partial charge in [-0.1, -0.05) is 32.0 Å². The number of para-hydroxylation sites is 1. The molecule has 0 spiro atoms. The molecule has 1 N–H and O–H groups in total. The van der Waals surface area contributed by atoms with E-state index in [1.807, 2.05) is 12.1 Å². The first-order chi connectivity index (χ1) is 10.3. The standard InChI is InChI=1S/C17H22N2O2/c1-12(2)14-5-3-4-6-15(14)21-16(13-7-8-18-11-13)17-19-9-10-20-17/h3-6,9-10,12-13,16,18H,7-8,11H2,1-2H3/t13?,16-/m0/s1. The molecular weight excluding hydrogens is 264 g/mol. The van der Waals surface area contributed by atoms with Gasteiger partial charge in [0.15, 0.2) is 6.10 Å². The van der Waals surface area contributed by atoms with Crippen LogP contribution in [0.3, 0.4) is 0 Å². The molecule has 2 aromatic rings. The Bertz CT molecular complexity index is 560. The van der Waals surface area contributed by atoms with Crippen LogP contribution >= 0.6 is 0 Å². The van der Waals surface area contributed by atoms with Gasteiger partial charge in [0.1, 0.15) is 12.0 Å². The fourth-order valence-corrected chi connectivity index (χ4v) is 2.86. The minimum atomic E-state index is -0.130. The predicted molar refractivity (Wildman–Crippen MR) is 81.4 cm³/mol. The summed E-state index contributed by atoms with van der Waals surface area (Å²) in [5.74, 6) is 2.42. The van der Waals surface area contributed by atoms with Gasteiger partial charge >= 0.3 is 0 Å². The Labute approximate surface area is 125 Å². The Morgan fingerprint density at radius 2 is 2.19 bits per heavy atom. The van der Waals surface area contributed by atoms with Crippen LogP contribution in [0.25, 0.3) is 0 Å². The zero-order valence-electron chi connectivity index (χ0n) is 12.6. The van der Waals surface area contributed by atoms with E-state index in [4.69, 9.17) is 9.15 Å². The van der Waals surface area contributed by atoms with Crippen molar-refractivity contribution in [3.8, 4) is 5.75 Å². The van der Waals surface area contributed by atoms with Crippen LogP contribution in [0.5, 0.6) is 5.75 Å². The van der Waals surface area contributed by atoms with Crippen LogP contribution in [0, 0.1) is 5.92 Å². The molecule has 0 saturated carbocycles. The molecule has 1 aliphatic heterocycles. The van der Waals surface area contributed by atoms with Gasteiger partial charge in [-0.05, 0) is 30.5 Å². The molecule has 0 amide bonds. The second-order valence-corrected chi connectivity index (χ2v) is 5.85. The van der Waals surface area contributed by atoms with Gasteiger partial charge in [0.05, 0.1) is 6.20 Å². The lowest BCUT2D eigenvalue weighted by Crippen LogP contribution is -2.22. The van der Waals surface area contributed by atoms with Crippen LogP contribution < -0.4 is 10.1 Å². The number of nitrogens with one attached hydrogen (secondary N) is 1. The molecule has 1 aromatic heterocycles. The van der Waals surface area contributed by atoms with Gasteiger partial charge in [0, 0.05) is 12.5 Å². The summed E-state index contributed by atoms with van der Waals surface area (Å²) in [7, 11) is 0. The van der Waals surface area contributed by atoms with Crippen LogP contribution in [-0.4, -0.2) is 18.1 Å². The van der Waals surface area contributed by atoms with Gasteiger partial charge in [-0.3, -0.25) is 0 Å². The number of ether oxygens (including phenoxy) is 1. The fourth-order valence-electron chi connectivity index (χ4n) is 2.86. The van der Waals surface area contributed by atoms with Crippen LogP contribution in [0.15, 0.2) is 41.1 Å². The molecule has 1 aromatic carbocycles. The van der Waals surface area contributed by atoms with Gasteiger partial charge in [-0.25, -0.2) is 4.98 Å². The van der Waals surface area contributed by atoms with Gasteiger partial charge < -0.3 is 14.5 Å². The molecule has 112 valence electrons. The highest BCUT2D eigenvalue weighted by molar-refractivity contribution is 5.36. The highest BCUT2D eigenvalue weighted by atomic mass is 16.5. The zero-order valence-corrected chi connectivity index (χ0v) is 12.6. The van der Waals surface area contributed by atoms with E-state index in [9.17, 15) is 0 Å². The highest BCUT2D eigenvalue weighted by Crippen LogP contribution is 2.34. The Morgan fingerprint density at radius 3 is 2.86 bits per heavy atom. The number of aromatic nitrogens is 1. The quantitative estimate of drug-likeness (QED) is 0.913. The average Bonchev–Trinajstić information content (AvgIpc) is 3.18. The molecule has 0 aliphatic carbocycles. The molecule has 1 saturated heterocycles. The summed E-state index contributed by atoms with van der Waals surface area (Å²) in [6.45, 7) is 6.33. The van der Waals surface area contributed by atoms with E-state index in [0.29, 0.717) is 17.7 Å². The molecule has 4 nitrogen and oxygen atoms in total. The monoisotopic (exact) mass is 286 g/mol. The van der Waals surface area contributed by atoms with E-state index in [0.717, 1.165) is 25.3 Å². The smallest absolute Gasteiger partial charge is 0.235 e. The lowest BCUT2D eigenvalue weighted by atomic mass is 9.99. The first kappa shape index (κ1) is 14.1. The number of hydrogen-bond acceptors (Lipinski definition) is 4. The predicted octanol–water partition coefficient (Wildman–Crippen LogP) is 3.53. The van der Waals surface area contributed by atoms with Crippen molar-refractivity contribution in [2.45, 2.75) is 32.3 Å². The Morgan fingerprint density at radius 1 is 1.33 bits per heavy atom. The van der Waals surface area contributed by atoms with Crippen LogP contribution in [-0.2, 0) is 0 Å². The van der Waals surface area contributed by atoms with E-state index in [2.05, 4.69) is 36.3 Å². The normalized spacial score (nSPS) is 19.9. The minimum Gasteiger partial charge on any atom is -0.480 e. The third-order valence-electron chi connectivity index (χ3n) is 4.02. The molecule has 0 bridgehead atoms. The molecule has 2 atom stereocenters. The molecule has 1 unspecified atom stereocenters. The maximum absolute atomic E-state index is 6.34. The summed E-state index contributed by atoms with van der Waals surface area (Å²) in [6.07, 6.45) is 4.25. The first-order valence-electron chi connectivity index (χ1n) is 7.61. The van der Waals surface area contributed by atoms with Crippen molar-refractivity contribution < 1.29 is 9.15 Å². The lowest BCUT2D eigenvalue weighted by Gasteiger charge is -2.23. The van der Waals surface area contributed by atoms with E-state index < -0.39 is 0 Å². The molecule has 3 rings (SSSR count). The summed E-state index contributed by atoms with van der Waals surface area (Å²) < 4.78 is 11.9. The number of benzene rings is 1.